The van der Waals surface area contributed by atoms with E-state index in [-0.39, 0.29) is 6.03 Å². The summed E-state index contributed by atoms with van der Waals surface area (Å²) in [4.78, 5) is 18.2. The zero-order valence-corrected chi connectivity index (χ0v) is 12.0. The highest BCUT2D eigenvalue weighted by Crippen LogP contribution is 2.16. The molecule has 0 radical (unpaired) electrons. The van der Waals surface area contributed by atoms with Crippen molar-refractivity contribution in [2.24, 2.45) is 0 Å². The van der Waals surface area contributed by atoms with Gasteiger partial charge < -0.3 is 10.6 Å². The molecule has 96 valence electrons. The van der Waals surface area contributed by atoms with Crippen LogP contribution in [0.4, 0.5) is 4.79 Å². The summed E-state index contributed by atoms with van der Waals surface area (Å²) >= 11 is 3.26. The van der Waals surface area contributed by atoms with E-state index < -0.39 is 0 Å². The predicted molar refractivity (Wildman–Crippen MR) is 75.0 cm³/mol. The molecule has 6 heteroatoms. The Morgan fingerprint density at radius 2 is 2.11 bits per heavy atom. The van der Waals surface area contributed by atoms with Gasteiger partial charge in [0.2, 0.25) is 0 Å². The number of nitrogens with zero attached hydrogens (tertiary/aromatic N) is 1. The van der Waals surface area contributed by atoms with E-state index in [0.29, 0.717) is 13.1 Å². The third kappa shape index (κ3) is 3.54. The Morgan fingerprint density at radius 1 is 1.33 bits per heavy atom. The Labute approximate surface area is 114 Å². The third-order valence-electron chi connectivity index (χ3n) is 2.41. The highest BCUT2D eigenvalue weighted by atomic mass is 32.1. The van der Waals surface area contributed by atoms with Crippen LogP contribution in [-0.4, -0.2) is 11.0 Å². The smallest absolute Gasteiger partial charge is 0.315 e. The second-order valence-electron chi connectivity index (χ2n) is 3.86. The molecule has 0 fully saturated rings. The van der Waals surface area contributed by atoms with Crippen molar-refractivity contribution in [2.75, 3.05) is 0 Å². The van der Waals surface area contributed by atoms with Gasteiger partial charge in [0, 0.05) is 9.75 Å². The maximum absolute atomic E-state index is 11.6. The fourth-order valence-corrected chi connectivity index (χ4v) is 3.06. The van der Waals surface area contributed by atoms with E-state index in [1.807, 2.05) is 31.4 Å². The number of rotatable bonds is 4. The molecular weight excluding hydrogens is 266 g/mol. The standard InChI is InChI=1S/C12H15N3OS2/c1-8-11(18-9(2)15-8)7-14-12(16)13-6-10-4-3-5-17-10/h3-5H,6-7H2,1-2H3,(H2,13,14,16). The van der Waals surface area contributed by atoms with Crippen molar-refractivity contribution in [1.82, 2.24) is 15.6 Å². The van der Waals surface area contributed by atoms with Crippen molar-refractivity contribution in [2.45, 2.75) is 26.9 Å². The second-order valence-corrected chi connectivity index (χ2v) is 6.18. The van der Waals surface area contributed by atoms with Gasteiger partial charge in [-0.3, -0.25) is 0 Å². The molecule has 2 rings (SSSR count). The quantitative estimate of drug-likeness (QED) is 0.905. The van der Waals surface area contributed by atoms with Gasteiger partial charge >= 0.3 is 6.03 Å². The van der Waals surface area contributed by atoms with Gasteiger partial charge in [-0.05, 0) is 25.3 Å². The summed E-state index contributed by atoms with van der Waals surface area (Å²) in [5.41, 5.74) is 0.996. The van der Waals surface area contributed by atoms with E-state index in [4.69, 9.17) is 0 Å². The summed E-state index contributed by atoms with van der Waals surface area (Å²) in [6.45, 7) is 5.04. The second kappa shape index (κ2) is 5.97. The number of amides is 2. The van der Waals surface area contributed by atoms with E-state index in [9.17, 15) is 4.79 Å². The Balaban J connectivity index is 1.76. The summed E-state index contributed by atoms with van der Waals surface area (Å²) in [7, 11) is 0. The summed E-state index contributed by atoms with van der Waals surface area (Å²) in [5, 5.41) is 8.70. The van der Waals surface area contributed by atoms with E-state index in [1.54, 1.807) is 22.7 Å². The van der Waals surface area contributed by atoms with Crippen molar-refractivity contribution in [1.29, 1.82) is 0 Å². The van der Waals surface area contributed by atoms with Crippen molar-refractivity contribution >= 4 is 28.7 Å². The first kappa shape index (κ1) is 13.0. The minimum Gasteiger partial charge on any atom is -0.333 e. The average molecular weight is 281 g/mol. The Morgan fingerprint density at radius 3 is 2.72 bits per heavy atom. The topological polar surface area (TPSA) is 54.0 Å². The molecule has 2 amide bonds. The molecular formula is C12H15N3OS2. The lowest BCUT2D eigenvalue weighted by Crippen LogP contribution is -2.34. The fourth-order valence-electron chi connectivity index (χ4n) is 1.54. The molecule has 2 N–H and O–H groups in total. The molecule has 2 aromatic rings. The van der Waals surface area contributed by atoms with Crippen LogP contribution in [0, 0.1) is 13.8 Å². The van der Waals surface area contributed by atoms with Crippen molar-refractivity contribution in [3.05, 3.63) is 38.0 Å². The van der Waals surface area contributed by atoms with E-state index >= 15 is 0 Å². The Kier molecular flexibility index (Phi) is 4.33. The van der Waals surface area contributed by atoms with Crippen LogP contribution in [0.5, 0.6) is 0 Å². The van der Waals surface area contributed by atoms with Gasteiger partial charge in [-0.15, -0.1) is 22.7 Å². The van der Waals surface area contributed by atoms with Gasteiger partial charge in [-0.2, -0.15) is 0 Å². The van der Waals surface area contributed by atoms with Gasteiger partial charge in [-0.1, -0.05) is 6.07 Å². The van der Waals surface area contributed by atoms with Crippen LogP contribution >= 0.6 is 22.7 Å². The van der Waals surface area contributed by atoms with Gasteiger partial charge in [0.25, 0.3) is 0 Å². The molecule has 0 saturated heterocycles. The first-order valence-electron chi connectivity index (χ1n) is 5.62. The Bertz CT molecular complexity index is 519. The molecule has 0 unspecified atom stereocenters. The number of carbonyl (C=O) groups excluding carboxylic acids is 1. The highest BCUT2D eigenvalue weighted by Gasteiger charge is 2.06. The van der Waals surface area contributed by atoms with Crippen LogP contribution < -0.4 is 10.6 Å². The summed E-state index contributed by atoms with van der Waals surface area (Å²) in [5.74, 6) is 0. The van der Waals surface area contributed by atoms with E-state index in [0.717, 1.165) is 20.5 Å². The maximum Gasteiger partial charge on any atom is 0.315 e. The molecule has 0 atom stereocenters. The number of carbonyl (C=O) groups is 1. The van der Waals surface area contributed by atoms with Crippen LogP contribution in [-0.2, 0) is 13.1 Å². The van der Waals surface area contributed by atoms with Crippen molar-refractivity contribution in [3.8, 4) is 0 Å². The molecule has 0 spiro atoms. The van der Waals surface area contributed by atoms with Crippen LogP contribution in [0.3, 0.4) is 0 Å². The van der Waals surface area contributed by atoms with Crippen LogP contribution in [0.15, 0.2) is 17.5 Å². The molecule has 0 aliphatic rings. The monoisotopic (exact) mass is 281 g/mol. The molecule has 2 aromatic heterocycles. The normalized spacial score (nSPS) is 10.3. The third-order valence-corrected chi connectivity index (χ3v) is 4.36. The molecule has 0 aromatic carbocycles. The molecule has 0 aliphatic heterocycles. The van der Waals surface area contributed by atoms with Gasteiger partial charge in [0.05, 0.1) is 23.8 Å². The SMILES string of the molecule is Cc1nc(C)c(CNC(=O)NCc2cccs2)s1. The number of hydrogen-bond donors (Lipinski definition) is 2. The lowest BCUT2D eigenvalue weighted by molar-refractivity contribution is 0.240. The fraction of sp³-hybridized carbons (Fsp3) is 0.333. The van der Waals surface area contributed by atoms with Crippen LogP contribution in [0.1, 0.15) is 20.5 Å². The zero-order valence-electron chi connectivity index (χ0n) is 10.3. The molecule has 0 aliphatic carbocycles. The van der Waals surface area contributed by atoms with E-state index in [2.05, 4.69) is 15.6 Å². The number of aryl methyl sites for hydroxylation is 2. The molecule has 0 saturated carbocycles. The molecule has 0 bridgehead atoms. The minimum atomic E-state index is -0.145. The lowest BCUT2D eigenvalue weighted by atomic mass is 10.4. The lowest BCUT2D eigenvalue weighted by Gasteiger charge is -2.05. The highest BCUT2D eigenvalue weighted by molar-refractivity contribution is 7.11. The van der Waals surface area contributed by atoms with E-state index in [1.165, 1.54) is 0 Å². The summed E-state index contributed by atoms with van der Waals surface area (Å²) in [6.07, 6.45) is 0. The number of nitrogens with one attached hydrogen (secondary N) is 2. The van der Waals surface area contributed by atoms with Gasteiger partial charge in [0.15, 0.2) is 0 Å². The van der Waals surface area contributed by atoms with Gasteiger partial charge in [0.1, 0.15) is 0 Å². The van der Waals surface area contributed by atoms with Crippen LogP contribution in [0.25, 0.3) is 0 Å². The predicted octanol–water partition coefficient (Wildman–Crippen LogP) is 2.82. The number of hydrogen-bond acceptors (Lipinski definition) is 4. The number of thiazole rings is 1. The number of urea groups is 1. The summed E-state index contributed by atoms with van der Waals surface area (Å²) in [6, 6.07) is 3.83. The number of aromatic nitrogens is 1. The Hall–Kier alpha value is -1.40. The molecule has 2 heterocycles. The first-order chi connectivity index (χ1) is 8.65. The molecule has 4 nitrogen and oxygen atoms in total. The van der Waals surface area contributed by atoms with Crippen molar-refractivity contribution < 1.29 is 4.79 Å². The van der Waals surface area contributed by atoms with Gasteiger partial charge in [-0.25, -0.2) is 9.78 Å². The zero-order chi connectivity index (χ0) is 13.0. The average Bonchev–Trinajstić information content (AvgIpc) is 2.94. The first-order valence-corrected chi connectivity index (χ1v) is 7.32. The molecule has 18 heavy (non-hydrogen) atoms. The van der Waals surface area contributed by atoms with Crippen molar-refractivity contribution in [3.63, 3.8) is 0 Å². The summed E-state index contributed by atoms with van der Waals surface area (Å²) < 4.78 is 0. The van der Waals surface area contributed by atoms with Crippen LogP contribution in [0.2, 0.25) is 0 Å². The largest absolute Gasteiger partial charge is 0.333 e. The minimum absolute atomic E-state index is 0.145. The number of thiophene rings is 1. The maximum atomic E-state index is 11.6.